The summed E-state index contributed by atoms with van der Waals surface area (Å²) >= 11 is 0. The molecule has 0 amide bonds. The Hall–Kier alpha value is -2.38. The molecular weight excluding hydrogens is 340 g/mol. The van der Waals surface area contributed by atoms with Crippen LogP contribution in [0.25, 0.3) is 0 Å². The summed E-state index contributed by atoms with van der Waals surface area (Å²) in [4.78, 5) is 0. The molecule has 1 nitrogen and oxygen atoms in total. The number of aliphatic hydroxyl groups is 1. The van der Waals surface area contributed by atoms with Crippen LogP contribution in [0, 0.1) is 5.92 Å². The topological polar surface area (TPSA) is 20.2 Å². The lowest BCUT2D eigenvalue weighted by atomic mass is 9.89. The fourth-order valence-corrected chi connectivity index (χ4v) is 3.87. The maximum Gasteiger partial charge on any atom is 0.0459 e. The molecule has 1 atom stereocenters. The first kappa shape index (κ1) is 20.4. The number of aliphatic hydroxyl groups excluding tert-OH is 1. The molecule has 1 N–H and O–H groups in total. The first-order valence-corrected chi connectivity index (χ1v) is 10.5. The van der Waals surface area contributed by atoms with Crippen molar-refractivity contribution in [1.29, 1.82) is 0 Å². The molecule has 0 heterocycles. The van der Waals surface area contributed by atoms with Gasteiger partial charge in [-0.25, -0.2) is 0 Å². The second-order valence-electron chi connectivity index (χ2n) is 7.92. The lowest BCUT2D eigenvalue weighted by molar-refractivity contribution is 0.237. The third-order valence-corrected chi connectivity index (χ3v) is 5.61. The molecule has 4 bridgehead atoms. The Morgan fingerprint density at radius 2 is 1.29 bits per heavy atom. The zero-order valence-corrected chi connectivity index (χ0v) is 17.1. The summed E-state index contributed by atoms with van der Waals surface area (Å²) in [5.74, 6) is 0.925. The van der Waals surface area contributed by atoms with Gasteiger partial charge in [-0.15, -0.1) is 0 Å². The highest BCUT2D eigenvalue weighted by atomic mass is 16.3. The predicted octanol–water partition coefficient (Wildman–Crippen LogP) is 6.18. The second-order valence-corrected chi connectivity index (χ2v) is 7.92. The molecule has 1 heteroatoms. The smallest absolute Gasteiger partial charge is 0.0459 e. The van der Waals surface area contributed by atoms with E-state index in [4.69, 9.17) is 5.11 Å². The van der Waals surface area contributed by atoms with Crippen molar-refractivity contribution in [2.75, 3.05) is 6.61 Å². The molecule has 4 aliphatic carbocycles. The van der Waals surface area contributed by atoms with Crippen LogP contribution in [0.3, 0.4) is 0 Å². The largest absolute Gasteiger partial charge is 0.396 e. The van der Waals surface area contributed by atoms with Gasteiger partial charge in [0.05, 0.1) is 0 Å². The normalized spacial score (nSPS) is 14.1. The van der Waals surface area contributed by atoms with Crippen molar-refractivity contribution in [3.8, 4) is 0 Å². The van der Waals surface area contributed by atoms with Crippen LogP contribution in [0.4, 0.5) is 0 Å². The van der Waals surface area contributed by atoms with Crippen molar-refractivity contribution in [2.24, 2.45) is 5.92 Å². The Bertz CT molecular complexity index is 771. The number of hydrogen-bond donors (Lipinski definition) is 1. The summed E-state index contributed by atoms with van der Waals surface area (Å²) in [5.41, 5.74) is 7.10. The molecule has 146 valence electrons. The molecule has 0 radical (unpaired) electrons. The van der Waals surface area contributed by atoms with Crippen molar-refractivity contribution in [3.63, 3.8) is 0 Å². The Labute approximate surface area is 170 Å². The van der Waals surface area contributed by atoms with Crippen LogP contribution in [0.1, 0.15) is 54.0 Å². The Balaban J connectivity index is 0.000000178. The van der Waals surface area contributed by atoms with Crippen molar-refractivity contribution >= 4 is 0 Å². The first-order valence-electron chi connectivity index (χ1n) is 10.5. The number of rotatable bonds is 4. The lowest BCUT2D eigenvalue weighted by Gasteiger charge is -2.16. The van der Waals surface area contributed by atoms with Crippen LogP contribution in [-0.2, 0) is 19.3 Å². The van der Waals surface area contributed by atoms with E-state index in [0.29, 0.717) is 11.8 Å². The van der Waals surface area contributed by atoms with Crippen LogP contribution in [0.5, 0.6) is 0 Å². The molecule has 28 heavy (non-hydrogen) atoms. The minimum atomic E-state index is 0.273. The van der Waals surface area contributed by atoms with Gasteiger partial charge >= 0.3 is 0 Å². The van der Waals surface area contributed by atoms with E-state index in [2.05, 4.69) is 67.6 Å². The summed E-state index contributed by atoms with van der Waals surface area (Å²) in [6, 6.07) is 28.7. The van der Waals surface area contributed by atoms with Crippen molar-refractivity contribution in [1.82, 2.24) is 0 Å². The van der Waals surface area contributed by atoms with Gasteiger partial charge in [0.1, 0.15) is 0 Å². The van der Waals surface area contributed by atoms with Gasteiger partial charge in [-0.1, -0.05) is 92.7 Å². The Morgan fingerprint density at radius 3 is 1.71 bits per heavy atom. The van der Waals surface area contributed by atoms with E-state index in [1.807, 2.05) is 25.1 Å². The Morgan fingerprint density at radius 1 is 0.786 bits per heavy atom. The van der Waals surface area contributed by atoms with Gasteiger partial charge < -0.3 is 5.11 Å². The van der Waals surface area contributed by atoms with Gasteiger partial charge in [0.15, 0.2) is 0 Å². The standard InChI is InChI=1S/C17H18.C10H14O/c1-2-17-15-9-5-13(6-10-15)3-4-14-7-11-16(17)12-8-14;1-9(8-11)7-10-5-3-2-4-6-10/h5-12,17H,2-4H2,1H3;2-6,9,11H,7-8H2,1H3/t;9-/m.0/s1. The predicted molar refractivity (Wildman–Crippen MR) is 119 cm³/mol. The highest BCUT2D eigenvalue weighted by Gasteiger charge is 2.13. The maximum atomic E-state index is 8.80. The fraction of sp³-hybridized carbons (Fsp3) is 0.333. The average molecular weight is 373 g/mol. The lowest BCUT2D eigenvalue weighted by Crippen LogP contribution is -2.03. The molecule has 7 rings (SSSR count). The molecule has 0 saturated heterocycles. The summed E-state index contributed by atoms with van der Waals surface area (Å²) in [6.45, 7) is 4.59. The SMILES string of the molecule is CCC1c2ccc(cc2)CCc2ccc1cc2.C[C@H](CO)Cc1ccccc1. The fourth-order valence-electron chi connectivity index (χ4n) is 3.87. The molecule has 0 aliphatic heterocycles. The van der Waals surface area contributed by atoms with E-state index in [1.165, 1.54) is 34.2 Å². The van der Waals surface area contributed by atoms with Crippen LogP contribution < -0.4 is 0 Å². The zero-order valence-electron chi connectivity index (χ0n) is 17.1. The molecule has 0 aromatic heterocycles. The molecule has 0 spiro atoms. The monoisotopic (exact) mass is 372 g/mol. The zero-order chi connectivity index (χ0) is 19.8. The van der Waals surface area contributed by atoms with Gasteiger partial charge in [0.2, 0.25) is 0 Å². The quantitative estimate of drug-likeness (QED) is 0.579. The van der Waals surface area contributed by atoms with Crippen LogP contribution in [0.15, 0.2) is 78.9 Å². The Kier molecular flexibility index (Phi) is 7.45. The second kappa shape index (κ2) is 10.2. The van der Waals surface area contributed by atoms with E-state index < -0.39 is 0 Å². The average Bonchev–Trinajstić information content (AvgIpc) is 2.84. The molecule has 3 aromatic rings. The van der Waals surface area contributed by atoms with E-state index >= 15 is 0 Å². The summed E-state index contributed by atoms with van der Waals surface area (Å²) in [6.07, 6.45) is 4.43. The van der Waals surface area contributed by atoms with Crippen molar-refractivity contribution in [3.05, 3.63) is 107 Å². The minimum Gasteiger partial charge on any atom is -0.396 e. The molecule has 3 aromatic carbocycles. The van der Waals surface area contributed by atoms with Gasteiger partial charge in [-0.05, 0) is 59.4 Å². The molecule has 4 aliphatic rings. The van der Waals surface area contributed by atoms with Crippen molar-refractivity contribution in [2.45, 2.75) is 45.4 Å². The van der Waals surface area contributed by atoms with Crippen molar-refractivity contribution < 1.29 is 5.11 Å². The van der Waals surface area contributed by atoms with E-state index in [1.54, 1.807) is 0 Å². The molecule has 0 fully saturated rings. The highest BCUT2D eigenvalue weighted by molar-refractivity contribution is 5.37. The van der Waals surface area contributed by atoms with Gasteiger partial charge in [-0.2, -0.15) is 0 Å². The first-order chi connectivity index (χ1) is 13.7. The maximum absolute atomic E-state index is 8.80. The third-order valence-electron chi connectivity index (χ3n) is 5.61. The molecule has 0 unspecified atom stereocenters. The van der Waals surface area contributed by atoms with Gasteiger partial charge in [0, 0.05) is 12.5 Å². The number of aryl methyl sites for hydroxylation is 2. The number of benzene rings is 3. The van der Waals surface area contributed by atoms with Crippen LogP contribution in [-0.4, -0.2) is 11.7 Å². The van der Waals surface area contributed by atoms with E-state index in [9.17, 15) is 0 Å². The molecular formula is C27H32O. The number of hydrogen-bond acceptors (Lipinski definition) is 1. The van der Waals surface area contributed by atoms with E-state index in [-0.39, 0.29) is 6.61 Å². The summed E-state index contributed by atoms with van der Waals surface area (Å²) in [7, 11) is 0. The van der Waals surface area contributed by atoms with Crippen LogP contribution in [0.2, 0.25) is 0 Å². The minimum absolute atomic E-state index is 0.273. The highest BCUT2D eigenvalue weighted by Crippen LogP contribution is 2.29. The third kappa shape index (κ3) is 5.56. The molecule has 0 saturated carbocycles. The van der Waals surface area contributed by atoms with Crippen LogP contribution >= 0.6 is 0 Å². The summed E-state index contributed by atoms with van der Waals surface area (Å²) in [5, 5.41) is 8.80. The van der Waals surface area contributed by atoms with Gasteiger partial charge in [-0.3, -0.25) is 0 Å². The van der Waals surface area contributed by atoms with Gasteiger partial charge in [0.25, 0.3) is 0 Å². The summed E-state index contributed by atoms with van der Waals surface area (Å²) < 4.78 is 0. The van der Waals surface area contributed by atoms with E-state index in [0.717, 1.165) is 19.3 Å².